The molecule has 0 fully saturated rings. The van der Waals surface area contributed by atoms with Crippen molar-refractivity contribution in [1.29, 1.82) is 0 Å². The molecule has 0 aromatic heterocycles. The molecule has 3 nitrogen and oxygen atoms in total. The van der Waals surface area contributed by atoms with Gasteiger partial charge in [0, 0.05) is 9.79 Å². The van der Waals surface area contributed by atoms with Crippen molar-refractivity contribution < 1.29 is 13.7 Å². The highest BCUT2D eigenvalue weighted by molar-refractivity contribution is 7.85. The summed E-state index contributed by atoms with van der Waals surface area (Å²) in [5, 5.41) is 0. The second-order valence-corrected chi connectivity index (χ2v) is 9.23. The van der Waals surface area contributed by atoms with Gasteiger partial charge in [0.25, 0.3) is 0 Å². The molecule has 4 heteroatoms. The second-order valence-electron chi connectivity index (χ2n) is 7.75. The van der Waals surface area contributed by atoms with Gasteiger partial charge in [-0.2, -0.15) is 0 Å². The molecule has 3 aromatic carbocycles. The average Bonchev–Trinajstić information content (AvgIpc) is 2.81. The summed E-state index contributed by atoms with van der Waals surface area (Å²) in [5.41, 5.74) is 4.02. The fraction of sp³-hybridized carbons (Fsp3) is 0.185. The van der Waals surface area contributed by atoms with Crippen LogP contribution < -0.4 is 9.47 Å². The van der Waals surface area contributed by atoms with Crippen molar-refractivity contribution in [3.63, 3.8) is 0 Å². The van der Waals surface area contributed by atoms with E-state index >= 15 is 0 Å². The number of ether oxygens (including phenoxy) is 2. The summed E-state index contributed by atoms with van der Waals surface area (Å²) >= 11 is 0. The molecule has 1 aliphatic carbocycles. The number of hydrogen-bond acceptors (Lipinski definition) is 3. The molecular weight excluding hydrogens is 404 g/mol. The van der Waals surface area contributed by atoms with Crippen LogP contribution in [0, 0.1) is 5.92 Å². The molecule has 1 aliphatic rings. The number of rotatable bonds is 6. The van der Waals surface area contributed by atoms with E-state index in [2.05, 4.69) is 38.1 Å². The Bertz CT molecular complexity index is 1120. The number of methoxy groups -OCH3 is 1. The second kappa shape index (κ2) is 9.36. The van der Waals surface area contributed by atoms with Crippen LogP contribution in [0.2, 0.25) is 0 Å². The van der Waals surface area contributed by atoms with E-state index in [9.17, 15) is 4.21 Å². The lowest BCUT2D eigenvalue weighted by molar-refractivity contribution is 0.414. The van der Waals surface area contributed by atoms with E-state index in [-0.39, 0.29) is 0 Å². The lowest BCUT2D eigenvalue weighted by Crippen LogP contribution is -2.02. The molecule has 2 atom stereocenters. The fourth-order valence-electron chi connectivity index (χ4n) is 3.51. The Morgan fingerprint density at radius 1 is 0.774 bits per heavy atom. The first-order valence-electron chi connectivity index (χ1n) is 10.3. The lowest BCUT2D eigenvalue weighted by Gasteiger charge is -2.19. The van der Waals surface area contributed by atoms with Crippen LogP contribution in [0.3, 0.4) is 0 Å². The Kier molecular flexibility index (Phi) is 6.38. The topological polar surface area (TPSA) is 35.5 Å². The third-order valence-electron chi connectivity index (χ3n) is 5.62. The molecule has 0 N–H and O–H groups in total. The van der Waals surface area contributed by atoms with Gasteiger partial charge in [0.05, 0.1) is 17.9 Å². The summed E-state index contributed by atoms with van der Waals surface area (Å²) in [4.78, 5) is 1.47. The maximum absolute atomic E-state index is 12.8. The monoisotopic (exact) mass is 430 g/mol. The van der Waals surface area contributed by atoms with E-state index in [1.165, 1.54) is 16.7 Å². The molecule has 0 radical (unpaired) electrons. The Labute approximate surface area is 186 Å². The Morgan fingerprint density at radius 3 is 1.81 bits per heavy atom. The van der Waals surface area contributed by atoms with Gasteiger partial charge in [0.15, 0.2) is 0 Å². The summed E-state index contributed by atoms with van der Waals surface area (Å²) < 4.78 is 23.9. The highest BCUT2D eigenvalue weighted by atomic mass is 32.2. The summed E-state index contributed by atoms with van der Waals surface area (Å²) in [6.07, 6.45) is 5.49. The third kappa shape index (κ3) is 4.97. The summed E-state index contributed by atoms with van der Waals surface area (Å²) in [6, 6.07) is 22.9. The van der Waals surface area contributed by atoms with E-state index in [0.717, 1.165) is 27.7 Å². The molecule has 2 unspecified atom stereocenters. The van der Waals surface area contributed by atoms with Crippen LogP contribution in [-0.4, -0.2) is 11.3 Å². The highest BCUT2D eigenvalue weighted by Crippen LogP contribution is 2.32. The van der Waals surface area contributed by atoms with E-state index in [1.807, 2.05) is 60.7 Å². The Hall–Kier alpha value is -3.11. The van der Waals surface area contributed by atoms with Crippen molar-refractivity contribution >= 4 is 16.4 Å². The summed E-state index contributed by atoms with van der Waals surface area (Å²) in [6.45, 7) is 4.45. The standard InChI is InChI=1S/C27H26O3S/c1-19-4-5-22(18-20(19)2)21-6-8-24(9-7-21)30-25-12-16-27(17-13-25)31(28)26-14-10-23(29-3)11-15-26/h4-17,20H,18H2,1-3H3. The van der Waals surface area contributed by atoms with Crippen LogP contribution in [-0.2, 0) is 10.8 Å². The van der Waals surface area contributed by atoms with Gasteiger partial charge in [0.1, 0.15) is 17.2 Å². The molecule has 0 amide bonds. The molecule has 0 aliphatic heterocycles. The van der Waals surface area contributed by atoms with E-state index in [1.54, 1.807) is 7.11 Å². The number of benzene rings is 3. The first kappa shape index (κ1) is 21.1. The molecule has 3 aromatic rings. The zero-order valence-electron chi connectivity index (χ0n) is 18.0. The van der Waals surface area contributed by atoms with Crippen molar-refractivity contribution in [3.05, 3.63) is 96.1 Å². The fourth-order valence-corrected chi connectivity index (χ4v) is 4.55. The quantitative estimate of drug-likeness (QED) is 0.421. The molecule has 0 saturated carbocycles. The predicted molar refractivity (Wildman–Crippen MR) is 126 cm³/mol. The molecule has 31 heavy (non-hydrogen) atoms. The molecule has 0 saturated heterocycles. The van der Waals surface area contributed by atoms with Crippen LogP contribution >= 0.6 is 0 Å². The van der Waals surface area contributed by atoms with Crippen LogP contribution in [0.5, 0.6) is 17.2 Å². The average molecular weight is 431 g/mol. The van der Waals surface area contributed by atoms with Gasteiger partial charge >= 0.3 is 0 Å². The summed E-state index contributed by atoms with van der Waals surface area (Å²) in [7, 11) is 0.370. The first-order chi connectivity index (χ1) is 15.0. The predicted octanol–water partition coefficient (Wildman–Crippen LogP) is 7.02. The van der Waals surface area contributed by atoms with Gasteiger partial charge in [0.2, 0.25) is 0 Å². The van der Waals surface area contributed by atoms with Crippen molar-refractivity contribution in [1.82, 2.24) is 0 Å². The minimum atomic E-state index is -1.25. The van der Waals surface area contributed by atoms with Gasteiger partial charge < -0.3 is 9.47 Å². The van der Waals surface area contributed by atoms with E-state index in [4.69, 9.17) is 9.47 Å². The minimum absolute atomic E-state index is 0.581. The van der Waals surface area contributed by atoms with Gasteiger partial charge in [-0.1, -0.05) is 36.8 Å². The molecule has 4 rings (SSSR count). The highest BCUT2D eigenvalue weighted by Gasteiger charge is 2.13. The Morgan fingerprint density at radius 2 is 1.29 bits per heavy atom. The minimum Gasteiger partial charge on any atom is -0.497 e. The van der Waals surface area contributed by atoms with Gasteiger partial charge in [-0.25, -0.2) is 4.21 Å². The van der Waals surface area contributed by atoms with Crippen molar-refractivity contribution in [2.24, 2.45) is 5.92 Å². The lowest BCUT2D eigenvalue weighted by atomic mass is 9.86. The Balaban J connectivity index is 1.42. The number of allylic oxidation sites excluding steroid dienone is 4. The van der Waals surface area contributed by atoms with Crippen LogP contribution in [0.15, 0.2) is 100 Å². The zero-order chi connectivity index (χ0) is 21.8. The van der Waals surface area contributed by atoms with Crippen LogP contribution in [0.25, 0.3) is 5.57 Å². The van der Waals surface area contributed by atoms with Crippen molar-refractivity contribution in [2.75, 3.05) is 7.11 Å². The zero-order valence-corrected chi connectivity index (χ0v) is 18.8. The van der Waals surface area contributed by atoms with Crippen LogP contribution in [0.4, 0.5) is 0 Å². The van der Waals surface area contributed by atoms with Crippen LogP contribution in [0.1, 0.15) is 25.8 Å². The van der Waals surface area contributed by atoms with Gasteiger partial charge in [-0.3, -0.25) is 0 Å². The van der Waals surface area contributed by atoms with Crippen molar-refractivity contribution in [3.8, 4) is 17.2 Å². The molecule has 0 heterocycles. The molecule has 158 valence electrons. The maximum Gasteiger partial charge on any atom is 0.127 e. The number of hydrogen-bond donors (Lipinski definition) is 0. The first-order valence-corrected chi connectivity index (χ1v) is 11.5. The van der Waals surface area contributed by atoms with E-state index < -0.39 is 10.8 Å². The largest absolute Gasteiger partial charge is 0.497 e. The maximum atomic E-state index is 12.8. The van der Waals surface area contributed by atoms with Gasteiger partial charge in [-0.05, 0) is 91.1 Å². The van der Waals surface area contributed by atoms with Crippen molar-refractivity contribution in [2.45, 2.75) is 30.1 Å². The van der Waals surface area contributed by atoms with Gasteiger partial charge in [-0.15, -0.1) is 0 Å². The van der Waals surface area contributed by atoms with E-state index in [0.29, 0.717) is 11.7 Å². The SMILES string of the molecule is COc1ccc(S(=O)c2ccc(Oc3ccc(C4=CC=C(C)C(C)C4)cc3)cc2)cc1. The molecular formula is C27H26O3S. The smallest absolute Gasteiger partial charge is 0.127 e. The third-order valence-corrected chi connectivity index (χ3v) is 7.02. The molecule has 0 bridgehead atoms. The summed E-state index contributed by atoms with van der Waals surface area (Å²) in [5.74, 6) is 2.82. The molecule has 0 spiro atoms. The normalized spacial score (nSPS) is 16.8.